The van der Waals surface area contributed by atoms with E-state index in [4.69, 9.17) is 32.9 Å². The van der Waals surface area contributed by atoms with Gasteiger partial charge in [0.2, 0.25) is 12.5 Å². The molecular weight excluding hydrogens is 598 g/mol. The van der Waals surface area contributed by atoms with Gasteiger partial charge in [-0.1, -0.05) is 48.9 Å². The van der Waals surface area contributed by atoms with Gasteiger partial charge in [-0.25, -0.2) is 6.57 Å². The molecule has 242 valence electrons. The number of carbonyl (C=O) groups is 1. The number of likely N-dealkylation sites (N-methyl/N-ethyl adjacent to an activating group) is 1. The Balaban J connectivity index is 1.31. The average molecular weight is 642 g/mol. The van der Waals surface area contributed by atoms with Gasteiger partial charge in [-0.3, -0.25) is 9.69 Å². The zero-order valence-electron chi connectivity index (χ0n) is 27.2. The molecule has 2 aliphatic heterocycles. The summed E-state index contributed by atoms with van der Waals surface area (Å²) in [7, 11) is 2.18. The van der Waals surface area contributed by atoms with Crippen molar-refractivity contribution in [3.8, 4) is 6.01 Å². The maximum absolute atomic E-state index is 12.6. The van der Waals surface area contributed by atoms with E-state index in [0.29, 0.717) is 38.2 Å². The molecule has 3 aliphatic rings. The summed E-state index contributed by atoms with van der Waals surface area (Å²) < 4.78 is 6.49. The Morgan fingerprint density at radius 2 is 1.96 bits per heavy atom. The van der Waals surface area contributed by atoms with Crippen molar-refractivity contribution in [1.29, 1.82) is 0 Å². The van der Waals surface area contributed by atoms with Gasteiger partial charge in [-0.2, -0.15) is 9.97 Å². The number of rotatable bonds is 10. The maximum Gasteiger partial charge on any atom is 0.318 e. The number of carbonyl (C=O) groups excluding carboxylic acids is 1. The summed E-state index contributed by atoms with van der Waals surface area (Å²) in [5.41, 5.74) is 3.12. The Morgan fingerprint density at radius 3 is 2.67 bits per heavy atom. The highest BCUT2D eigenvalue weighted by molar-refractivity contribution is 6.36. The second-order valence-corrected chi connectivity index (χ2v) is 13.4. The number of fused-ring (bicyclic) bond motifs is 2. The molecule has 1 aromatic heterocycles. The monoisotopic (exact) mass is 641 g/mol. The van der Waals surface area contributed by atoms with Gasteiger partial charge in [0, 0.05) is 55.4 Å². The standard InChI is InChI=1S/C36H44ClN7O2/c1-6-33(45)44-19-18-43(22-28(44)20-38-4)35-29-16-17-42(32-15-9-13-27-12-8-14-30(37)34(27)32)23-31(29)39-36(40-35)46-24(2)21-41(5)25(3)26-10-7-11-26/h6,8-9,12-15,24-26,28H,1,7,10-11,16-23H2,2-3,5H3/t24-,25+,28-/m0/s1. The summed E-state index contributed by atoms with van der Waals surface area (Å²) in [6.07, 6.45) is 5.92. The molecule has 1 saturated carbocycles. The number of anilines is 2. The van der Waals surface area contributed by atoms with Crippen molar-refractivity contribution >= 4 is 39.8 Å². The van der Waals surface area contributed by atoms with Crippen molar-refractivity contribution < 1.29 is 9.53 Å². The Bertz CT molecular complexity index is 1630. The van der Waals surface area contributed by atoms with Crippen molar-refractivity contribution in [3.63, 3.8) is 0 Å². The summed E-state index contributed by atoms with van der Waals surface area (Å²) in [6.45, 7) is 19.6. The van der Waals surface area contributed by atoms with Crippen LogP contribution in [-0.2, 0) is 17.8 Å². The quantitative estimate of drug-likeness (QED) is 0.203. The number of halogens is 1. The Labute approximate surface area is 277 Å². The molecule has 1 saturated heterocycles. The summed E-state index contributed by atoms with van der Waals surface area (Å²) in [5, 5.41) is 2.89. The third-order valence-corrected chi connectivity index (χ3v) is 10.4. The van der Waals surface area contributed by atoms with Gasteiger partial charge in [0.15, 0.2) is 0 Å². The van der Waals surface area contributed by atoms with Crippen LogP contribution in [0.5, 0.6) is 6.01 Å². The molecule has 2 aromatic carbocycles. The molecule has 10 heteroatoms. The highest BCUT2D eigenvalue weighted by Gasteiger charge is 2.35. The van der Waals surface area contributed by atoms with E-state index in [1.165, 1.54) is 25.3 Å². The summed E-state index contributed by atoms with van der Waals surface area (Å²) in [6, 6.07) is 13.0. The number of aromatic nitrogens is 2. The second kappa shape index (κ2) is 13.9. The first-order valence-corrected chi connectivity index (χ1v) is 16.8. The van der Waals surface area contributed by atoms with Crippen LogP contribution < -0.4 is 14.5 Å². The molecule has 3 heterocycles. The minimum absolute atomic E-state index is 0.105. The van der Waals surface area contributed by atoms with Crippen LogP contribution >= 0.6 is 11.6 Å². The molecule has 3 aromatic rings. The van der Waals surface area contributed by atoms with Crippen LogP contribution in [0.4, 0.5) is 11.5 Å². The molecule has 0 spiro atoms. The largest absolute Gasteiger partial charge is 0.459 e. The van der Waals surface area contributed by atoms with Gasteiger partial charge in [-0.05, 0) is 69.7 Å². The van der Waals surface area contributed by atoms with Crippen molar-refractivity contribution in [2.75, 3.05) is 56.1 Å². The molecule has 1 amide bonds. The first-order valence-electron chi connectivity index (χ1n) is 16.5. The van der Waals surface area contributed by atoms with Gasteiger partial charge >= 0.3 is 6.01 Å². The summed E-state index contributed by atoms with van der Waals surface area (Å²) in [4.78, 5) is 35.1. The van der Waals surface area contributed by atoms with E-state index in [1.54, 1.807) is 4.90 Å². The topological polar surface area (TPSA) is 69.4 Å². The second-order valence-electron chi connectivity index (χ2n) is 13.0. The number of amides is 1. The summed E-state index contributed by atoms with van der Waals surface area (Å²) >= 11 is 6.73. The van der Waals surface area contributed by atoms with Crippen molar-refractivity contribution in [1.82, 2.24) is 19.8 Å². The normalized spacial score (nSPS) is 19.7. The lowest BCUT2D eigenvalue weighted by atomic mass is 9.80. The van der Waals surface area contributed by atoms with Gasteiger partial charge < -0.3 is 24.3 Å². The number of hydrogen-bond donors (Lipinski definition) is 0. The average Bonchev–Trinajstić information content (AvgIpc) is 3.02. The van der Waals surface area contributed by atoms with E-state index < -0.39 is 0 Å². The molecule has 3 atom stereocenters. The number of nitrogens with zero attached hydrogens (tertiary/aromatic N) is 7. The number of hydrogen-bond acceptors (Lipinski definition) is 7. The lowest BCUT2D eigenvalue weighted by Crippen LogP contribution is -2.56. The number of piperazine rings is 1. The van der Waals surface area contributed by atoms with E-state index in [2.05, 4.69) is 71.3 Å². The third kappa shape index (κ3) is 6.51. The lowest BCUT2D eigenvalue weighted by Gasteiger charge is -2.41. The van der Waals surface area contributed by atoms with Gasteiger partial charge in [0.25, 0.3) is 0 Å². The lowest BCUT2D eigenvalue weighted by molar-refractivity contribution is -0.128. The molecular formula is C36H44ClN7O2. The van der Waals surface area contributed by atoms with Gasteiger partial charge in [-0.15, -0.1) is 0 Å². The fourth-order valence-electron chi connectivity index (χ4n) is 7.24. The smallest absolute Gasteiger partial charge is 0.318 e. The Kier molecular flexibility index (Phi) is 9.67. The van der Waals surface area contributed by atoms with Gasteiger partial charge in [0.05, 0.1) is 17.3 Å². The van der Waals surface area contributed by atoms with Crippen molar-refractivity contribution in [2.24, 2.45) is 5.92 Å². The molecule has 0 N–H and O–H groups in total. The van der Waals surface area contributed by atoms with E-state index in [1.807, 2.05) is 12.1 Å². The summed E-state index contributed by atoms with van der Waals surface area (Å²) in [5.74, 6) is 1.47. The first kappa shape index (κ1) is 32.1. The molecule has 46 heavy (non-hydrogen) atoms. The Hall–Kier alpha value is -3.87. The number of benzene rings is 2. The zero-order chi connectivity index (χ0) is 32.4. The van der Waals surface area contributed by atoms with Crippen molar-refractivity contribution in [2.45, 2.75) is 64.3 Å². The van der Waals surface area contributed by atoms with Crippen LogP contribution in [0, 0.1) is 12.5 Å². The molecule has 9 nitrogen and oxygen atoms in total. The molecule has 6 rings (SSSR count). The van der Waals surface area contributed by atoms with Crippen molar-refractivity contribution in [3.05, 3.63) is 76.8 Å². The maximum atomic E-state index is 12.6. The first-order chi connectivity index (χ1) is 22.3. The minimum Gasteiger partial charge on any atom is -0.459 e. The molecule has 0 unspecified atom stereocenters. The minimum atomic E-state index is -0.245. The van der Waals surface area contributed by atoms with Crippen LogP contribution in [-0.4, -0.2) is 90.2 Å². The van der Waals surface area contributed by atoms with Crippen LogP contribution in [0.15, 0.2) is 49.1 Å². The molecule has 2 fully saturated rings. The van der Waals surface area contributed by atoms with Crippen LogP contribution in [0.25, 0.3) is 15.6 Å². The fourth-order valence-corrected chi connectivity index (χ4v) is 7.51. The molecule has 0 radical (unpaired) electrons. The predicted molar refractivity (Wildman–Crippen MR) is 185 cm³/mol. The molecule has 0 bridgehead atoms. The van der Waals surface area contributed by atoms with E-state index in [0.717, 1.165) is 64.0 Å². The highest BCUT2D eigenvalue weighted by atomic mass is 35.5. The van der Waals surface area contributed by atoms with E-state index >= 15 is 0 Å². The fraction of sp³-hybridized carbons (Fsp3) is 0.500. The van der Waals surface area contributed by atoms with Crippen LogP contribution in [0.2, 0.25) is 5.02 Å². The van der Waals surface area contributed by atoms with Gasteiger partial charge in [0.1, 0.15) is 18.0 Å². The van der Waals surface area contributed by atoms with E-state index in [9.17, 15) is 4.79 Å². The Morgan fingerprint density at radius 1 is 1.17 bits per heavy atom. The molecule has 1 aliphatic carbocycles. The SMILES string of the molecule is [C-]#[N+]C[C@H]1CN(c2nc(O[C@@H](C)CN(C)[C@H](C)C3CCC3)nc3c2CCN(c2cccc4cccc(Cl)c24)C3)CCN1C(=O)C=C. The highest BCUT2D eigenvalue weighted by Crippen LogP contribution is 2.37. The van der Waals surface area contributed by atoms with Crippen LogP contribution in [0.1, 0.15) is 44.4 Å². The predicted octanol–water partition coefficient (Wildman–Crippen LogP) is 5.86. The van der Waals surface area contributed by atoms with E-state index in [-0.39, 0.29) is 24.6 Å². The zero-order valence-corrected chi connectivity index (χ0v) is 27.9. The van der Waals surface area contributed by atoms with Crippen LogP contribution in [0.3, 0.4) is 0 Å². The third-order valence-electron chi connectivity index (χ3n) is 10.1. The number of ether oxygens (including phenoxy) is 1.